The van der Waals surface area contributed by atoms with E-state index >= 15 is 0 Å². The van der Waals surface area contributed by atoms with E-state index in [2.05, 4.69) is 10.2 Å². The first-order valence-electron chi connectivity index (χ1n) is 7.57. The Morgan fingerprint density at radius 3 is 2.27 bits per heavy atom. The molecule has 2 rings (SSSR count). The Morgan fingerprint density at radius 2 is 1.73 bits per heavy atom. The second-order valence-corrected chi connectivity index (χ2v) is 8.05. The van der Waals surface area contributed by atoms with Crippen LogP contribution in [0.2, 0.25) is 0 Å². The van der Waals surface area contributed by atoms with Crippen molar-refractivity contribution in [3.8, 4) is 0 Å². The molecule has 0 radical (unpaired) electrons. The van der Waals surface area contributed by atoms with E-state index in [1.807, 2.05) is 25.1 Å². The molecule has 1 atom stereocenters. The van der Waals surface area contributed by atoms with Gasteiger partial charge in [0.2, 0.25) is 3.79 Å². The van der Waals surface area contributed by atoms with Gasteiger partial charge in [-0.05, 0) is 31.4 Å². The average molecular weight is 364 g/mol. The molecule has 0 aromatic heterocycles. The molecule has 22 heavy (non-hydrogen) atoms. The molecule has 1 N–H and O–H groups in total. The third kappa shape index (κ3) is 4.76. The molecule has 1 aliphatic heterocycles. The van der Waals surface area contributed by atoms with Crippen molar-refractivity contribution in [1.82, 2.24) is 10.2 Å². The van der Waals surface area contributed by atoms with E-state index < -0.39 is 9.96 Å². The Morgan fingerprint density at radius 1 is 1.14 bits per heavy atom. The molecule has 1 unspecified atom stereocenters. The molecule has 1 aromatic carbocycles. The summed E-state index contributed by atoms with van der Waals surface area (Å²) in [7, 11) is 0. The van der Waals surface area contributed by atoms with E-state index in [1.165, 1.54) is 12.8 Å². The number of nitrogens with zero attached hydrogens (tertiary/aromatic N) is 1. The fraction of sp³-hybridized carbons (Fsp3) is 0.562. The van der Waals surface area contributed by atoms with Gasteiger partial charge in [0, 0.05) is 18.7 Å². The summed E-state index contributed by atoms with van der Waals surface area (Å²) in [6.45, 7) is 3.55. The SMILES string of the molecule is Cc1ccccc1C(=O)NC(N1CCCCCC1)C(Cl)(Cl)Cl. The van der Waals surface area contributed by atoms with Gasteiger partial charge in [0.25, 0.3) is 5.91 Å². The molecule has 0 bridgehead atoms. The highest BCUT2D eigenvalue weighted by Crippen LogP contribution is 2.33. The number of alkyl halides is 3. The largest absolute Gasteiger partial charge is 0.332 e. The van der Waals surface area contributed by atoms with E-state index in [0.717, 1.165) is 31.5 Å². The number of likely N-dealkylation sites (tertiary alicyclic amines) is 1. The summed E-state index contributed by atoms with van der Waals surface area (Å²) in [5, 5.41) is 2.90. The van der Waals surface area contributed by atoms with Crippen molar-refractivity contribution >= 4 is 40.7 Å². The lowest BCUT2D eigenvalue weighted by atomic mass is 10.1. The highest BCUT2D eigenvalue weighted by Gasteiger charge is 2.38. The molecule has 0 spiro atoms. The number of hydrogen-bond donors (Lipinski definition) is 1. The fourth-order valence-corrected chi connectivity index (χ4v) is 3.34. The Hall–Kier alpha value is -0.480. The summed E-state index contributed by atoms with van der Waals surface area (Å²) in [6.07, 6.45) is 3.83. The van der Waals surface area contributed by atoms with Gasteiger partial charge in [-0.3, -0.25) is 9.69 Å². The molecule has 1 fully saturated rings. The van der Waals surface area contributed by atoms with Gasteiger partial charge in [0.05, 0.1) is 0 Å². The maximum atomic E-state index is 12.5. The van der Waals surface area contributed by atoms with Crippen molar-refractivity contribution < 1.29 is 4.79 Å². The van der Waals surface area contributed by atoms with Gasteiger partial charge in [-0.1, -0.05) is 65.8 Å². The maximum absolute atomic E-state index is 12.5. The number of rotatable bonds is 3. The normalized spacial score (nSPS) is 18.5. The van der Waals surface area contributed by atoms with E-state index in [4.69, 9.17) is 34.8 Å². The lowest BCUT2D eigenvalue weighted by molar-refractivity contribution is 0.0853. The van der Waals surface area contributed by atoms with Crippen LogP contribution in [0.25, 0.3) is 0 Å². The molecule has 1 amide bonds. The molecule has 0 aliphatic carbocycles. The van der Waals surface area contributed by atoms with Crippen molar-refractivity contribution in [3.63, 3.8) is 0 Å². The molecular weight excluding hydrogens is 343 g/mol. The third-order valence-electron chi connectivity index (χ3n) is 3.97. The first kappa shape index (κ1) is 17.9. The van der Waals surface area contributed by atoms with Gasteiger partial charge in [-0.2, -0.15) is 0 Å². The van der Waals surface area contributed by atoms with E-state index in [9.17, 15) is 4.79 Å². The number of halogens is 3. The van der Waals surface area contributed by atoms with Crippen LogP contribution >= 0.6 is 34.8 Å². The molecule has 0 saturated carbocycles. The van der Waals surface area contributed by atoms with Gasteiger partial charge in [-0.15, -0.1) is 0 Å². The zero-order valence-corrected chi connectivity index (χ0v) is 14.9. The number of carbonyl (C=O) groups is 1. The minimum Gasteiger partial charge on any atom is -0.332 e. The summed E-state index contributed by atoms with van der Waals surface area (Å²) < 4.78 is -1.57. The molecule has 1 heterocycles. The van der Waals surface area contributed by atoms with Crippen LogP contribution in [0.15, 0.2) is 24.3 Å². The molecule has 1 saturated heterocycles. The van der Waals surface area contributed by atoms with Crippen LogP contribution in [0.3, 0.4) is 0 Å². The second-order valence-electron chi connectivity index (χ2n) is 5.68. The van der Waals surface area contributed by atoms with Gasteiger partial charge in [0.15, 0.2) is 0 Å². The van der Waals surface area contributed by atoms with E-state index in [-0.39, 0.29) is 5.91 Å². The van der Waals surface area contributed by atoms with Crippen LogP contribution in [0, 0.1) is 6.92 Å². The minimum absolute atomic E-state index is 0.210. The maximum Gasteiger partial charge on any atom is 0.252 e. The van der Waals surface area contributed by atoms with Gasteiger partial charge in [0.1, 0.15) is 6.17 Å². The van der Waals surface area contributed by atoms with Crippen molar-refractivity contribution in [2.24, 2.45) is 0 Å². The lowest BCUT2D eigenvalue weighted by Crippen LogP contribution is -2.55. The zero-order chi connectivity index (χ0) is 16.2. The standard InChI is InChI=1S/C16H21Cl3N2O/c1-12-8-4-5-9-13(12)14(22)20-15(16(17,18)19)21-10-6-2-3-7-11-21/h4-5,8-9,15H,2-3,6-7,10-11H2,1H3,(H,20,22). The summed E-state index contributed by atoms with van der Waals surface area (Å²) in [5.74, 6) is -0.210. The van der Waals surface area contributed by atoms with Gasteiger partial charge < -0.3 is 5.32 Å². The predicted octanol–water partition coefficient (Wildman–Crippen LogP) is 4.30. The van der Waals surface area contributed by atoms with Crippen LogP contribution in [-0.4, -0.2) is 33.9 Å². The highest BCUT2D eigenvalue weighted by atomic mass is 35.6. The molecule has 3 nitrogen and oxygen atoms in total. The van der Waals surface area contributed by atoms with Crippen molar-refractivity contribution in [2.45, 2.75) is 42.6 Å². The van der Waals surface area contributed by atoms with Crippen LogP contribution in [0.4, 0.5) is 0 Å². The number of aryl methyl sites for hydroxylation is 1. The summed E-state index contributed by atoms with van der Waals surface area (Å²) in [6, 6.07) is 7.40. The summed E-state index contributed by atoms with van der Waals surface area (Å²) >= 11 is 18.4. The Kier molecular flexibility index (Phi) is 6.39. The van der Waals surface area contributed by atoms with Gasteiger partial charge >= 0.3 is 0 Å². The monoisotopic (exact) mass is 362 g/mol. The van der Waals surface area contributed by atoms with Crippen molar-refractivity contribution in [2.75, 3.05) is 13.1 Å². The minimum atomic E-state index is -1.57. The molecule has 1 aromatic rings. The highest BCUT2D eigenvalue weighted by molar-refractivity contribution is 6.68. The number of hydrogen-bond acceptors (Lipinski definition) is 2. The van der Waals surface area contributed by atoms with Crippen LogP contribution < -0.4 is 5.32 Å². The van der Waals surface area contributed by atoms with E-state index in [0.29, 0.717) is 5.56 Å². The second kappa shape index (κ2) is 7.87. The first-order valence-corrected chi connectivity index (χ1v) is 8.70. The van der Waals surface area contributed by atoms with Crippen molar-refractivity contribution in [1.29, 1.82) is 0 Å². The molecule has 122 valence electrons. The molecule has 1 aliphatic rings. The molecule has 6 heteroatoms. The molecular formula is C16H21Cl3N2O. The van der Waals surface area contributed by atoms with Crippen molar-refractivity contribution in [3.05, 3.63) is 35.4 Å². The lowest BCUT2D eigenvalue weighted by Gasteiger charge is -2.35. The fourth-order valence-electron chi connectivity index (χ4n) is 2.76. The van der Waals surface area contributed by atoms with Crippen LogP contribution in [-0.2, 0) is 0 Å². The predicted molar refractivity (Wildman–Crippen MR) is 92.8 cm³/mol. The topological polar surface area (TPSA) is 32.3 Å². The number of carbonyl (C=O) groups excluding carboxylic acids is 1. The van der Waals surface area contributed by atoms with Gasteiger partial charge in [-0.25, -0.2) is 0 Å². The first-order chi connectivity index (χ1) is 10.4. The quantitative estimate of drug-likeness (QED) is 0.812. The zero-order valence-electron chi connectivity index (χ0n) is 12.6. The number of benzene rings is 1. The summed E-state index contributed by atoms with van der Waals surface area (Å²) in [5.41, 5.74) is 1.51. The van der Waals surface area contributed by atoms with Crippen LogP contribution in [0.5, 0.6) is 0 Å². The number of nitrogens with one attached hydrogen (secondary N) is 1. The smallest absolute Gasteiger partial charge is 0.252 e. The average Bonchev–Trinajstić information content (AvgIpc) is 2.72. The Balaban J connectivity index is 2.16. The Bertz CT molecular complexity index is 508. The number of amides is 1. The summed E-state index contributed by atoms with van der Waals surface area (Å²) in [4.78, 5) is 14.6. The van der Waals surface area contributed by atoms with Crippen LogP contribution in [0.1, 0.15) is 41.6 Å². The van der Waals surface area contributed by atoms with E-state index in [1.54, 1.807) is 6.07 Å². The Labute approximate surface area is 146 Å². The third-order valence-corrected chi connectivity index (χ3v) is 4.59.